The average molecular weight is 358 g/mol. The maximum Gasteiger partial charge on any atom is 0.280 e. The summed E-state index contributed by atoms with van der Waals surface area (Å²) in [6, 6.07) is 7.41. The van der Waals surface area contributed by atoms with Gasteiger partial charge in [0.05, 0.1) is 5.69 Å². The normalized spacial score (nSPS) is 20.9. The van der Waals surface area contributed by atoms with E-state index in [2.05, 4.69) is 31.9 Å². The zero-order chi connectivity index (χ0) is 18.3. The number of nitrogens with zero attached hydrogens (tertiary/aromatic N) is 6. The number of fused-ring (bicyclic) bond motifs is 1. The zero-order valence-electron chi connectivity index (χ0n) is 14.7. The van der Waals surface area contributed by atoms with Crippen molar-refractivity contribution >= 4 is 11.6 Å². The zero-order valence-corrected chi connectivity index (χ0v) is 14.7. The van der Waals surface area contributed by atoms with Gasteiger partial charge in [-0.05, 0) is 37.5 Å². The van der Waals surface area contributed by atoms with Gasteiger partial charge in [0.25, 0.3) is 12.2 Å². The molecule has 0 amide bonds. The predicted molar refractivity (Wildman–Crippen MR) is 93.4 cm³/mol. The first kappa shape index (κ1) is 16.8. The lowest BCUT2D eigenvalue weighted by Gasteiger charge is -2.38. The van der Waals surface area contributed by atoms with Gasteiger partial charge in [0, 0.05) is 24.7 Å². The van der Waals surface area contributed by atoms with Gasteiger partial charge in [-0.3, -0.25) is 0 Å². The lowest BCUT2D eigenvalue weighted by molar-refractivity contribution is 0.146. The molecule has 136 valence electrons. The summed E-state index contributed by atoms with van der Waals surface area (Å²) in [7, 11) is 0. The number of halogens is 2. The highest BCUT2D eigenvalue weighted by Gasteiger charge is 2.31. The SMILES string of the molecule is Cc1cccc(N2CC[C@@H](C)[C@H](c3cc(C(F)F)nc4ncnn34)C2)n1. The molecule has 0 bridgehead atoms. The summed E-state index contributed by atoms with van der Waals surface area (Å²) in [6.07, 6.45) is -0.332. The van der Waals surface area contributed by atoms with Crippen LogP contribution in [0.5, 0.6) is 0 Å². The van der Waals surface area contributed by atoms with Gasteiger partial charge in [0.15, 0.2) is 0 Å². The van der Waals surface area contributed by atoms with Crippen molar-refractivity contribution in [2.45, 2.75) is 32.6 Å². The van der Waals surface area contributed by atoms with E-state index < -0.39 is 6.43 Å². The van der Waals surface area contributed by atoms with E-state index in [0.29, 0.717) is 12.5 Å². The number of hydrogen-bond donors (Lipinski definition) is 0. The Labute approximate surface area is 149 Å². The fourth-order valence-corrected chi connectivity index (χ4v) is 3.60. The Kier molecular flexibility index (Phi) is 4.26. The first-order chi connectivity index (χ1) is 12.5. The van der Waals surface area contributed by atoms with Gasteiger partial charge >= 0.3 is 0 Å². The molecule has 26 heavy (non-hydrogen) atoms. The molecule has 0 aliphatic carbocycles. The van der Waals surface area contributed by atoms with Gasteiger partial charge < -0.3 is 4.90 Å². The van der Waals surface area contributed by atoms with E-state index in [1.807, 2.05) is 25.1 Å². The first-order valence-corrected chi connectivity index (χ1v) is 8.70. The van der Waals surface area contributed by atoms with Crippen molar-refractivity contribution in [3.63, 3.8) is 0 Å². The van der Waals surface area contributed by atoms with Gasteiger partial charge in [-0.1, -0.05) is 13.0 Å². The Morgan fingerprint density at radius 2 is 2.08 bits per heavy atom. The molecule has 3 aromatic rings. The summed E-state index contributed by atoms with van der Waals surface area (Å²) in [4.78, 5) is 14.7. The monoisotopic (exact) mass is 358 g/mol. The summed E-state index contributed by atoms with van der Waals surface area (Å²) in [5.74, 6) is 1.50. The highest BCUT2D eigenvalue weighted by molar-refractivity contribution is 5.42. The second-order valence-corrected chi connectivity index (χ2v) is 6.83. The molecule has 0 saturated carbocycles. The molecule has 1 saturated heterocycles. The largest absolute Gasteiger partial charge is 0.356 e. The molecule has 0 spiro atoms. The third-order valence-electron chi connectivity index (χ3n) is 5.06. The minimum Gasteiger partial charge on any atom is -0.356 e. The first-order valence-electron chi connectivity index (χ1n) is 8.70. The predicted octanol–water partition coefficient (Wildman–Crippen LogP) is 3.40. The van der Waals surface area contributed by atoms with Crippen LogP contribution in [-0.2, 0) is 0 Å². The molecule has 2 atom stereocenters. The van der Waals surface area contributed by atoms with Crippen LogP contribution < -0.4 is 4.90 Å². The van der Waals surface area contributed by atoms with E-state index in [4.69, 9.17) is 0 Å². The molecule has 0 radical (unpaired) electrons. The molecule has 0 N–H and O–H groups in total. The van der Waals surface area contributed by atoms with Gasteiger partial charge in [-0.25, -0.2) is 23.3 Å². The van der Waals surface area contributed by atoms with Crippen LogP contribution in [0.3, 0.4) is 0 Å². The highest BCUT2D eigenvalue weighted by atomic mass is 19.3. The molecular weight excluding hydrogens is 338 g/mol. The Morgan fingerprint density at radius 1 is 1.23 bits per heavy atom. The van der Waals surface area contributed by atoms with Crippen LogP contribution in [0.2, 0.25) is 0 Å². The van der Waals surface area contributed by atoms with Gasteiger partial charge in [-0.2, -0.15) is 10.1 Å². The van der Waals surface area contributed by atoms with Crippen LogP contribution in [0.1, 0.15) is 42.8 Å². The van der Waals surface area contributed by atoms with E-state index in [-0.39, 0.29) is 17.4 Å². The van der Waals surface area contributed by atoms with Crippen molar-refractivity contribution in [2.75, 3.05) is 18.0 Å². The van der Waals surface area contributed by atoms with Crippen molar-refractivity contribution in [2.24, 2.45) is 5.92 Å². The number of rotatable bonds is 3. The van der Waals surface area contributed by atoms with Crippen molar-refractivity contribution in [1.82, 2.24) is 24.6 Å². The van der Waals surface area contributed by atoms with Crippen molar-refractivity contribution < 1.29 is 8.78 Å². The minimum absolute atomic E-state index is 0.0377. The van der Waals surface area contributed by atoms with Gasteiger partial charge in [0.2, 0.25) is 0 Å². The molecule has 4 heterocycles. The van der Waals surface area contributed by atoms with E-state index in [1.54, 1.807) is 4.52 Å². The number of alkyl halides is 2. The Bertz CT molecular complexity index is 925. The summed E-state index contributed by atoms with van der Waals surface area (Å²) >= 11 is 0. The van der Waals surface area contributed by atoms with E-state index in [0.717, 1.165) is 30.2 Å². The van der Waals surface area contributed by atoms with E-state index >= 15 is 0 Å². The fourth-order valence-electron chi connectivity index (χ4n) is 3.60. The van der Waals surface area contributed by atoms with Crippen molar-refractivity contribution in [3.05, 3.63) is 47.7 Å². The number of aryl methyl sites for hydroxylation is 1. The van der Waals surface area contributed by atoms with Crippen molar-refractivity contribution in [3.8, 4) is 0 Å². The van der Waals surface area contributed by atoms with Crippen LogP contribution in [0.25, 0.3) is 5.78 Å². The summed E-state index contributed by atoms with van der Waals surface area (Å²) in [6.45, 7) is 5.70. The van der Waals surface area contributed by atoms with Crippen LogP contribution in [0.15, 0.2) is 30.6 Å². The number of anilines is 1. The molecule has 1 fully saturated rings. The number of hydrogen-bond acceptors (Lipinski definition) is 5. The molecule has 1 aliphatic rings. The van der Waals surface area contributed by atoms with Crippen LogP contribution in [0, 0.1) is 12.8 Å². The smallest absolute Gasteiger partial charge is 0.280 e. The van der Waals surface area contributed by atoms with Crippen LogP contribution >= 0.6 is 0 Å². The lowest BCUT2D eigenvalue weighted by atomic mass is 9.84. The summed E-state index contributed by atoms with van der Waals surface area (Å²) in [5.41, 5.74) is 1.44. The minimum atomic E-state index is -2.64. The second-order valence-electron chi connectivity index (χ2n) is 6.83. The quantitative estimate of drug-likeness (QED) is 0.718. The summed E-state index contributed by atoms with van der Waals surface area (Å²) in [5, 5.41) is 4.20. The van der Waals surface area contributed by atoms with Gasteiger partial charge in [-0.15, -0.1) is 0 Å². The number of piperidine rings is 1. The van der Waals surface area contributed by atoms with E-state index in [1.165, 1.54) is 12.4 Å². The molecule has 1 aliphatic heterocycles. The molecule has 8 heteroatoms. The second kappa shape index (κ2) is 6.59. The van der Waals surface area contributed by atoms with Gasteiger partial charge in [0.1, 0.15) is 17.8 Å². The molecule has 0 aromatic carbocycles. The fraction of sp³-hybridized carbons (Fsp3) is 0.444. The van der Waals surface area contributed by atoms with Crippen LogP contribution in [0.4, 0.5) is 14.6 Å². The topological polar surface area (TPSA) is 59.2 Å². The Balaban J connectivity index is 1.74. The maximum absolute atomic E-state index is 13.3. The number of pyridine rings is 1. The van der Waals surface area contributed by atoms with Crippen molar-refractivity contribution in [1.29, 1.82) is 0 Å². The molecule has 6 nitrogen and oxygen atoms in total. The third kappa shape index (κ3) is 3.00. The summed E-state index contributed by atoms with van der Waals surface area (Å²) < 4.78 is 28.2. The maximum atomic E-state index is 13.3. The third-order valence-corrected chi connectivity index (χ3v) is 5.06. The Morgan fingerprint density at radius 3 is 2.85 bits per heavy atom. The molecule has 3 aromatic heterocycles. The van der Waals surface area contributed by atoms with E-state index in [9.17, 15) is 8.78 Å². The van der Waals surface area contributed by atoms with Crippen LogP contribution in [-0.4, -0.2) is 37.7 Å². The number of aromatic nitrogens is 5. The highest BCUT2D eigenvalue weighted by Crippen LogP contribution is 2.35. The molecular formula is C18H20F2N6. The molecule has 0 unspecified atom stereocenters. The standard InChI is InChI=1S/C18H20F2N6/c1-11-6-7-25(16-5-3-4-12(2)23-16)9-13(11)15-8-14(17(19)20)24-18-21-10-22-26(15)18/h3-5,8,10-11,13,17H,6-7,9H2,1-2H3/t11-,13-/m1/s1. The Hall–Kier alpha value is -2.64. The average Bonchev–Trinajstić information content (AvgIpc) is 3.10. The molecule has 4 rings (SSSR count). The lowest BCUT2D eigenvalue weighted by Crippen LogP contribution is -2.39.